The first-order valence-electron chi connectivity index (χ1n) is 4.74. The van der Waals surface area contributed by atoms with Gasteiger partial charge in [0.05, 0.1) is 6.54 Å². The predicted molar refractivity (Wildman–Crippen MR) is 53.1 cm³/mol. The summed E-state index contributed by atoms with van der Waals surface area (Å²) in [6.45, 7) is 5.30. The summed E-state index contributed by atoms with van der Waals surface area (Å²) >= 11 is 0. The summed E-state index contributed by atoms with van der Waals surface area (Å²) in [6.07, 6.45) is 0.910. The van der Waals surface area contributed by atoms with E-state index in [-0.39, 0.29) is 12.5 Å². The summed E-state index contributed by atoms with van der Waals surface area (Å²) in [5, 5.41) is 11.2. The van der Waals surface area contributed by atoms with Crippen molar-refractivity contribution in [2.45, 2.75) is 20.3 Å². The van der Waals surface area contributed by atoms with Crippen LogP contribution in [-0.2, 0) is 9.59 Å². The molecule has 0 saturated heterocycles. The van der Waals surface area contributed by atoms with Crippen LogP contribution in [0.2, 0.25) is 0 Å². The fourth-order valence-electron chi connectivity index (χ4n) is 1.17. The molecule has 82 valence electrons. The minimum atomic E-state index is -0.832. The molecule has 0 spiro atoms. The Morgan fingerprint density at radius 2 is 2.00 bits per heavy atom. The van der Waals surface area contributed by atoms with Gasteiger partial charge in [0.15, 0.2) is 0 Å². The maximum absolute atomic E-state index is 10.6. The fourth-order valence-corrected chi connectivity index (χ4v) is 1.17. The Hall–Kier alpha value is -1.10. The van der Waals surface area contributed by atoms with Crippen molar-refractivity contribution in [1.82, 2.24) is 10.2 Å². The van der Waals surface area contributed by atoms with Crippen LogP contribution in [-0.4, -0.2) is 48.1 Å². The highest BCUT2D eigenvalue weighted by Crippen LogP contribution is 1.90. The number of rotatable bonds is 7. The van der Waals surface area contributed by atoms with Crippen LogP contribution in [0.5, 0.6) is 0 Å². The van der Waals surface area contributed by atoms with Crippen molar-refractivity contribution in [3.63, 3.8) is 0 Å². The lowest BCUT2D eigenvalue weighted by Crippen LogP contribution is -2.37. The molecule has 0 saturated carbocycles. The van der Waals surface area contributed by atoms with E-state index in [0.717, 1.165) is 13.0 Å². The molecule has 0 aliphatic heterocycles. The van der Waals surface area contributed by atoms with Gasteiger partial charge in [-0.25, -0.2) is 0 Å². The van der Waals surface area contributed by atoms with Crippen molar-refractivity contribution in [3.05, 3.63) is 0 Å². The number of amides is 1. The minimum absolute atomic E-state index is 0.0351. The molecule has 0 heterocycles. The van der Waals surface area contributed by atoms with Crippen LogP contribution >= 0.6 is 0 Å². The Morgan fingerprint density at radius 1 is 1.36 bits per heavy atom. The van der Waals surface area contributed by atoms with Gasteiger partial charge >= 0.3 is 5.97 Å². The number of hydrogen-bond donors (Lipinski definition) is 2. The number of carboxylic acid groups (broad SMARTS) is 1. The molecule has 5 nitrogen and oxygen atoms in total. The Morgan fingerprint density at radius 3 is 2.43 bits per heavy atom. The van der Waals surface area contributed by atoms with E-state index in [0.29, 0.717) is 13.1 Å². The van der Waals surface area contributed by atoms with Crippen LogP contribution < -0.4 is 5.32 Å². The van der Waals surface area contributed by atoms with E-state index in [2.05, 4.69) is 5.32 Å². The van der Waals surface area contributed by atoms with E-state index in [1.165, 1.54) is 6.92 Å². The summed E-state index contributed by atoms with van der Waals surface area (Å²) in [7, 11) is 0. The maximum Gasteiger partial charge on any atom is 0.317 e. The van der Waals surface area contributed by atoms with E-state index in [4.69, 9.17) is 5.11 Å². The Bertz CT molecular complexity index is 194. The van der Waals surface area contributed by atoms with Gasteiger partial charge in [0.25, 0.3) is 0 Å². The zero-order chi connectivity index (χ0) is 11.0. The van der Waals surface area contributed by atoms with Gasteiger partial charge in [-0.2, -0.15) is 0 Å². The first kappa shape index (κ1) is 12.9. The van der Waals surface area contributed by atoms with Crippen LogP contribution in [0.25, 0.3) is 0 Å². The summed E-state index contributed by atoms with van der Waals surface area (Å²) in [4.78, 5) is 22.8. The lowest BCUT2D eigenvalue weighted by Gasteiger charge is -2.19. The van der Waals surface area contributed by atoms with Gasteiger partial charge in [0.1, 0.15) is 0 Å². The molecule has 0 rings (SSSR count). The topological polar surface area (TPSA) is 69.6 Å². The number of carbonyl (C=O) groups is 2. The summed E-state index contributed by atoms with van der Waals surface area (Å²) in [5.74, 6) is -0.918. The number of nitrogens with one attached hydrogen (secondary N) is 1. The molecule has 0 bridgehead atoms. The van der Waals surface area contributed by atoms with Crippen molar-refractivity contribution < 1.29 is 14.7 Å². The van der Waals surface area contributed by atoms with Gasteiger partial charge in [-0.05, 0) is 13.0 Å². The molecule has 0 aromatic heterocycles. The molecule has 0 aliphatic rings. The van der Waals surface area contributed by atoms with Gasteiger partial charge in [-0.1, -0.05) is 6.92 Å². The second kappa shape index (κ2) is 7.32. The van der Waals surface area contributed by atoms with E-state index in [1.807, 2.05) is 6.92 Å². The number of aliphatic carboxylic acids is 1. The molecule has 0 aromatic rings. The average molecular weight is 202 g/mol. The average Bonchev–Trinajstić information content (AvgIpc) is 2.02. The van der Waals surface area contributed by atoms with Gasteiger partial charge in [0, 0.05) is 20.0 Å². The molecule has 5 heteroatoms. The first-order valence-corrected chi connectivity index (χ1v) is 4.74. The smallest absolute Gasteiger partial charge is 0.317 e. The highest BCUT2D eigenvalue weighted by molar-refractivity contribution is 5.72. The molecule has 1 amide bonds. The first-order chi connectivity index (χ1) is 6.56. The van der Waals surface area contributed by atoms with Crippen molar-refractivity contribution in [2.24, 2.45) is 0 Å². The van der Waals surface area contributed by atoms with Gasteiger partial charge in [-0.3, -0.25) is 14.5 Å². The van der Waals surface area contributed by atoms with E-state index < -0.39 is 5.97 Å². The van der Waals surface area contributed by atoms with Crippen molar-refractivity contribution in [2.75, 3.05) is 26.2 Å². The predicted octanol–water partition coefficient (Wildman–Crippen LogP) is -0.0809. The molecule has 2 N–H and O–H groups in total. The van der Waals surface area contributed by atoms with Crippen molar-refractivity contribution in [1.29, 1.82) is 0 Å². The third-order valence-electron chi connectivity index (χ3n) is 1.70. The third kappa shape index (κ3) is 7.54. The molecular weight excluding hydrogens is 184 g/mol. The molecular formula is C9H18N2O3. The highest BCUT2D eigenvalue weighted by atomic mass is 16.4. The Balaban J connectivity index is 3.72. The van der Waals surface area contributed by atoms with Gasteiger partial charge in [0.2, 0.25) is 5.91 Å². The number of carboxylic acids is 1. The lowest BCUT2D eigenvalue weighted by atomic mass is 10.4. The van der Waals surface area contributed by atoms with Crippen LogP contribution in [0.3, 0.4) is 0 Å². The fraction of sp³-hybridized carbons (Fsp3) is 0.778. The van der Waals surface area contributed by atoms with Crippen LogP contribution in [0.1, 0.15) is 20.3 Å². The zero-order valence-corrected chi connectivity index (χ0v) is 8.75. The molecule has 0 unspecified atom stereocenters. The normalized spacial score (nSPS) is 10.2. The lowest BCUT2D eigenvalue weighted by molar-refractivity contribution is -0.138. The van der Waals surface area contributed by atoms with Gasteiger partial charge in [-0.15, -0.1) is 0 Å². The molecule has 0 aliphatic carbocycles. The summed E-state index contributed by atoms with van der Waals surface area (Å²) in [6, 6.07) is 0. The van der Waals surface area contributed by atoms with Crippen LogP contribution in [0.15, 0.2) is 0 Å². The third-order valence-corrected chi connectivity index (χ3v) is 1.70. The number of nitrogens with zero attached hydrogens (tertiary/aromatic N) is 1. The minimum Gasteiger partial charge on any atom is -0.480 e. The van der Waals surface area contributed by atoms with Crippen LogP contribution in [0, 0.1) is 0 Å². The second-order valence-corrected chi connectivity index (χ2v) is 3.15. The summed E-state index contributed by atoms with van der Waals surface area (Å²) < 4.78 is 0. The van der Waals surface area contributed by atoms with Crippen LogP contribution in [0.4, 0.5) is 0 Å². The molecule has 0 aromatic carbocycles. The maximum atomic E-state index is 10.6. The van der Waals surface area contributed by atoms with E-state index in [9.17, 15) is 9.59 Å². The van der Waals surface area contributed by atoms with Gasteiger partial charge < -0.3 is 10.4 Å². The van der Waals surface area contributed by atoms with E-state index in [1.54, 1.807) is 4.90 Å². The van der Waals surface area contributed by atoms with E-state index >= 15 is 0 Å². The molecule has 14 heavy (non-hydrogen) atoms. The zero-order valence-electron chi connectivity index (χ0n) is 8.75. The summed E-state index contributed by atoms with van der Waals surface area (Å²) in [5.41, 5.74) is 0. The standard InChI is InChI=1S/C9H18N2O3/c1-3-5-11(7-9(13)14)6-4-10-8(2)12/h3-7H2,1-2H3,(H,10,12)(H,13,14). The van der Waals surface area contributed by atoms with Crippen molar-refractivity contribution >= 4 is 11.9 Å². The highest BCUT2D eigenvalue weighted by Gasteiger charge is 2.07. The number of carbonyl (C=O) groups excluding carboxylic acids is 1. The SMILES string of the molecule is CCCN(CCNC(C)=O)CC(=O)O. The molecule has 0 fully saturated rings. The quantitative estimate of drug-likeness (QED) is 0.606. The van der Waals surface area contributed by atoms with Crippen molar-refractivity contribution in [3.8, 4) is 0 Å². The monoisotopic (exact) mass is 202 g/mol. The largest absolute Gasteiger partial charge is 0.480 e. The second-order valence-electron chi connectivity index (χ2n) is 3.15. The Labute approximate surface area is 84.1 Å². The molecule has 0 atom stereocenters. The Kier molecular flexibility index (Phi) is 6.74. The number of hydrogen-bond acceptors (Lipinski definition) is 3. The molecule has 0 radical (unpaired) electrons.